The monoisotopic (exact) mass is 473 g/mol. The normalized spacial score (nSPS) is 11.2. The maximum atomic E-state index is 13.5. The van der Waals surface area contributed by atoms with Crippen LogP contribution in [0.15, 0.2) is 72.9 Å². The maximum Gasteiger partial charge on any atom is 0.254 e. The van der Waals surface area contributed by atoms with Gasteiger partial charge in [0, 0.05) is 36.6 Å². The van der Waals surface area contributed by atoms with Gasteiger partial charge in [-0.3, -0.25) is 9.59 Å². The van der Waals surface area contributed by atoms with Crippen LogP contribution in [0.4, 0.5) is 0 Å². The summed E-state index contributed by atoms with van der Waals surface area (Å²) in [5.41, 5.74) is 4.03. The summed E-state index contributed by atoms with van der Waals surface area (Å²) < 4.78 is 2.19. The van der Waals surface area contributed by atoms with Crippen LogP contribution in [0.2, 0.25) is 0 Å². The fourth-order valence-electron chi connectivity index (χ4n) is 4.06. The van der Waals surface area contributed by atoms with Gasteiger partial charge in [0.05, 0.1) is 6.54 Å². The first-order valence-corrected chi connectivity index (χ1v) is 12.6. The summed E-state index contributed by atoms with van der Waals surface area (Å²) in [6.07, 6.45) is 2.91. The third kappa shape index (κ3) is 7.57. The Hall–Kier alpha value is -3.34. The Morgan fingerprint density at radius 1 is 0.886 bits per heavy atom. The van der Waals surface area contributed by atoms with Gasteiger partial charge in [-0.25, -0.2) is 0 Å². The average molecular weight is 474 g/mol. The molecule has 3 rings (SSSR count). The van der Waals surface area contributed by atoms with E-state index in [0.29, 0.717) is 24.6 Å². The molecule has 2 amide bonds. The lowest BCUT2D eigenvalue weighted by Gasteiger charge is -2.31. The van der Waals surface area contributed by atoms with Crippen molar-refractivity contribution < 1.29 is 9.59 Å². The molecule has 2 aromatic carbocycles. The zero-order valence-corrected chi connectivity index (χ0v) is 21.8. The summed E-state index contributed by atoms with van der Waals surface area (Å²) in [6.45, 7) is 12.2. The highest BCUT2D eigenvalue weighted by molar-refractivity contribution is 5.96. The molecule has 0 bridgehead atoms. The minimum Gasteiger partial charge on any atom is -0.345 e. The number of benzene rings is 2. The van der Waals surface area contributed by atoms with Crippen LogP contribution in [-0.2, 0) is 17.9 Å². The second-order valence-corrected chi connectivity index (χ2v) is 10.0. The summed E-state index contributed by atoms with van der Waals surface area (Å²) in [5, 5.41) is 0. The first-order chi connectivity index (χ1) is 16.7. The average Bonchev–Trinajstić information content (AvgIpc) is 3.27. The van der Waals surface area contributed by atoms with Gasteiger partial charge < -0.3 is 14.4 Å². The van der Waals surface area contributed by atoms with E-state index in [2.05, 4.69) is 42.8 Å². The molecule has 5 nitrogen and oxygen atoms in total. The highest BCUT2D eigenvalue weighted by Gasteiger charge is 2.25. The Morgan fingerprint density at radius 3 is 2.20 bits per heavy atom. The molecule has 0 N–H and O–H groups in total. The van der Waals surface area contributed by atoms with E-state index in [1.54, 1.807) is 4.90 Å². The van der Waals surface area contributed by atoms with Gasteiger partial charge in [0.1, 0.15) is 6.54 Å². The third-order valence-electron chi connectivity index (χ3n) is 6.28. The van der Waals surface area contributed by atoms with Crippen LogP contribution in [0.25, 0.3) is 0 Å². The lowest BCUT2D eigenvalue weighted by molar-refractivity contribution is -0.134. The Morgan fingerprint density at radius 2 is 1.57 bits per heavy atom. The zero-order valence-electron chi connectivity index (χ0n) is 21.8. The quantitative estimate of drug-likeness (QED) is 0.355. The molecule has 0 spiro atoms. The second kappa shape index (κ2) is 12.4. The number of aryl methyl sites for hydroxylation is 1. The minimum absolute atomic E-state index is 0.0176. The molecule has 0 aliphatic heterocycles. The molecule has 0 unspecified atom stereocenters. The van der Waals surface area contributed by atoms with E-state index in [1.807, 2.05) is 74.2 Å². The van der Waals surface area contributed by atoms with E-state index in [-0.39, 0.29) is 24.4 Å². The fourth-order valence-corrected chi connectivity index (χ4v) is 4.06. The Bertz CT molecular complexity index is 1080. The van der Waals surface area contributed by atoms with Crippen molar-refractivity contribution >= 4 is 11.8 Å². The molecular weight excluding hydrogens is 434 g/mol. The highest BCUT2D eigenvalue weighted by atomic mass is 16.2. The number of aromatic nitrogens is 1. The molecule has 0 fully saturated rings. The highest BCUT2D eigenvalue weighted by Crippen LogP contribution is 2.15. The molecule has 186 valence electrons. The molecule has 0 atom stereocenters. The topological polar surface area (TPSA) is 45.6 Å². The van der Waals surface area contributed by atoms with Gasteiger partial charge >= 0.3 is 0 Å². The summed E-state index contributed by atoms with van der Waals surface area (Å²) in [4.78, 5) is 30.5. The van der Waals surface area contributed by atoms with Crippen molar-refractivity contribution in [3.8, 4) is 0 Å². The Kier molecular flexibility index (Phi) is 9.30. The van der Waals surface area contributed by atoms with Crippen LogP contribution in [0, 0.1) is 12.8 Å². The lowest BCUT2D eigenvalue weighted by atomic mass is 10.1. The first-order valence-electron chi connectivity index (χ1n) is 12.6. The molecule has 1 heterocycles. The zero-order chi connectivity index (χ0) is 25.4. The molecule has 1 aromatic heterocycles. The fraction of sp³-hybridized carbons (Fsp3) is 0.400. The summed E-state index contributed by atoms with van der Waals surface area (Å²) in [7, 11) is 0. The van der Waals surface area contributed by atoms with Crippen molar-refractivity contribution in [2.75, 3.05) is 13.1 Å². The third-order valence-corrected chi connectivity index (χ3v) is 6.28. The molecule has 35 heavy (non-hydrogen) atoms. The van der Waals surface area contributed by atoms with E-state index >= 15 is 0 Å². The van der Waals surface area contributed by atoms with E-state index in [1.165, 1.54) is 5.56 Å². The van der Waals surface area contributed by atoms with Crippen LogP contribution in [-0.4, -0.2) is 45.3 Å². The Balaban J connectivity index is 1.76. The number of nitrogens with zero attached hydrogens (tertiary/aromatic N) is 3. The Labute approximate surface area is 210 Å². The number of amides is 2. The van der Waals surface area contributed by atoms with Crippen molar-refractivity contribution in [3.05, 3.63) is 95.3 Å². The van der Waals surface area contributed by atoms with Gasteiger partial charge in [0.15, 0.2) is 0 Å². The van der Waals surface area contributed by atoms with Crippen molar-refractivity contribution in [3.63, 3.8) is 0 Å². The molecular formula is C30H39N3O2. The van der Waals surface area contributed by atoms with E-state index < -0.39 is 0 Å². The molecule has 0 aliphatic rings. The molecule has 0 radical (unpaired) electrons. The number of hydrogen-bond donors (Lipinski definition) is 0. The second-order valence-electron chi connectivity index (χ2n) is 10.0. The number of rotatable bonds is 11. The first kappa shape index (κ1) is 26.3. The van der Waals surface area contributed by atoms with Gasteiger partial charge in [-0.05, 0) is 62.9 Å². The largest absolute Gasteiger partial charge is 0.345 e. The molecule has 0 saturated heterocycles. The van der Waals surface area contributed by atoms with Gasteiger partial charge in [-0.1, -0.05) is 61.9 Å². The predicted molar refractivity (Wildman–Crippen MR) is 142 cm³/mol. The van der Waals surface area contributed by atoms with E-state index in [4.69, 9.17) is 0 Å². The van der Waals surface area contributed by atoms with Gasteiger partial charge in [0.25, 0.3) is 5.91 Å². The van der Waals surface area contributed by atoms with E-state index in [9.17, 15) is 9.59 Å². The van der Waals surface area contributed by atoms with Crippen LogP contribution >= 0.6 is 0 Å². The van der Waals surface area contributed by atoms with E-state index in [0.717, 1.165) is 24.2 Å². The maximum absolute atomic E-state index is 13.5. The van der Waals surface area contributed by atoms with Crippen molar-refractivity contribution in [2.24, 2.45) is 5.92 Å². The van der Waals surface area contributed by atoms with Crippen LogP contribution in [0.3, 0.4) is 0 Å². The van der Waals surface area contributed by atoms with Crippen molar-refractivity contribution in [2.45, 2.75) is 60.2 Å². The summed E-state index contributed by atoms with van der Waals surface area (Å²) >= 11 is 0. The van der Waals surface area contributed by atoms with Gasteiger partial charge in [-0.15, -0.1) is 0 Å². The number of carbonyl (C=O) groups excluding carboxylic acids is 2. The summed E-state index contributed by atoms with van der Waals surface area (Å²) in [5.74, 6) is 0.327. The van der Waals surface area contributed by atoms with Crippen LogP contribution < -0.4 is 0 Å². The molecule has 0 saturated carbocycles. The van der Waals surface area contributed by atoms with Gasteiger partial charge in [0.2, 0.25) is 5.91 Å². The smallest absolute Gasteiger partial charge is 0.254 e. The number of hydrogen-bond acceptors (Lipinski definition) is 2. The lowest BCUT2D eigenvalue weighted by Crippen LogP contribution is -2.46. The standard InChI is InChI=1S/C30H39N3O2/c1-23(2)17-19-32(30(35)27-15-13-25(5)14-16-27)22-29(34)33(24(3)4)21-28-12-9-18-31(28)20-26-10-7-6-8-11-26/h6-16,18,23-24H,17,19-22H2,1-5H3. The molecule has 0 aliphatic carbocycles. The minimum atomic E-state index is -0.0878. The van der Waals surface area contributed by atoms with Crippen molar-refractivity contribution in [1.29, 1.82) is 0 Å². The SMILES string of the molecule is Cc1ccc(C(=O)N(CCC(C)C)CC(=O)N(Cc2cccn2Cc2ccccc2)C(C)C)cc1. The van der Waals surface area contributed by atoms with Gasteiger partial charge in [-0.2, -0.15) is 0 Å². The summed E-state index contributed by atoms with van der Waals surface area (Å²) in [6, 6.07) is 22.0. The molecule has 3 aromatic rings. The molecule has 5 heteroatoms. The predicted octanol–water partition coefficient (Wildman–Crippen LogP) is 5.77. The number of carbonyl (C=O) groups is 2. The van der Waals surface area contributed by atoms with Crippen molar-refractivity contribution in [1.82, 2.24) is 14.4 Å². The van der Waals surface area contributed by atoms with Crippen LogP contribution in [0.5, 0.6) is 0 Å². The van der Waals surface area contributed by atoms with Crippen LogP contribution in [0.1, 0.15) is 61.3 Å².